The van der Waals surface area contributed by atoms with Crippen LogP contribution in [0.25, 0.3) is 0 Å². The van der Waals surface area contributed by atoms with Gasteiger partial charge in [0.1, 0.15) is 0 Å². The lowest BCUT2D eigenvalue weighted by molar-refractivity contribution is -0.116. The molecule has 2 amide bonds. The third-order valence-corrected chi connectivity index (χ3v) is 2.82. The molecule has 0 fully saturated rings. The highest BCUT2D eigenvalue weighted by Crippen LogP contribution is 2.15. The van der Waals surface area contributed by atoms with E-state index in [0.29, 0.717) is 24.2 Å². The maximum atomic E-state index is 11.7. The highest BCUT2D eigenvalue weighted by Gasteiger charge is 2.09. The summed E-state index contributed by atoms with van der Waals surface area (Å²) in [4.78, 5) is 22.9. The molecule has 0 aromatic heterocycles. The van der Waals surface area contributed by atoms with E-state index < -0.39 is 5.91 Å². The second-order valence-electron chi connectivity index (χ2n) is 4.41. The van der Waals surface area contributed by atoms with Gasteiger partial charge in [-0.25, -0.2) is 0 Å². The lowest BCUT2D eigenvalue weighted by Crippen LogP contribution is -2.17. The van der Waals surface area contributed by atoms with Crippen LogP contribution in [0.15, 0.2) is 24.3 Å². The number of anilines is 1. The Labute approximate surface area is 125 Å². The summed E-state index contributed by atoms with van der Waals surface area (Å²) in [5, 5.41) is 2.72. The zero-order chi connectivity index (χ0) is 14.1. The molecule has 0 saturated carbocycles. The monoisotopic (exact) mass is 299 g/mol. The standard InChI is InChI=1S/C14H21N3O2.ClH/c15-10-6-2-1-3-9-13(18)17-12-8-5-4-7-11(12)14(16)19;/h4-5,7-8H,1-3,6,9-10,15H2,(H2,16,19)(H,17,18);1H. The van der Waals surface area contributed by atoms with Crippen molar-refractivity contribution in [3.8, 4) is 0 Å². The number of hydrogen-bond donors (Lipinski definition) is 3. The van der Waals surface area contributed by atoms with E-state index in [9.17, 15) is 9.59 Å². The summed E-state index contributed by atoms with van der Waals surface area (Å²) in [5.41, 5.74) is 11.4. The zero-order valence-corrected chi connectivity index (χ0v) is 12.2. The number of benzene rings is 1. The molecule has 0 bridgehead atoms. The first-order valence-corrected chi connectivity index (χ1v) is 6.54. The Morgan fingerprint density at radius 2 is 1.70 bits per heavy atom. The molecule has 0 heterocycles. The van der Waals surface area contributed by atoms with Gasteiger partial charge in [-0.05, 0) is 31.5 Å². The molecule has 0 aliphatic carbocycles. The van der Waals surface area contributed by atoms with Gasteiger partial charge in [0, 0.05) is 6.42 Å². The van der Waals surface area contributed by atoms with Gasteiger partial charge in [0.05, 0.1) is 11.3 Å². The van der Waals surface area contributed by atoms with Crippen molar-refractivity contribution in [1.29, 1.82) is 0 Å². The van der Waals surface area contributed by atoms with Crippen molar-refractivity contribution < 1.29 is 9.59 Å². The van der Waals surface area contributed by atoms with E-state index in [0.717, 1.165) is 25.7 Å². The predicted molar refractivity (Wildman–Crippen MR) is 83.0 cm³/mol. The van der Waals surface area contributed by atoms with Crippen LogP contribution in [0.3, 0.4) is 0 Å². The number of nitrogens with one attached hydrogen (secondary N) is 1. The van der Waals surface area contributed by atoms with Crippen LogP contribution in [0.1, 0.15) is 42.5 Å². The Balaban J connectivity index is 0.00000361. The molecular weight excluding hydrogens is 278 g/mol. The van der Waals surface area contributed by atoms with Crippen LogP contribution < -0.4 is 16.8 Å². The first kappa shape index (κ1) is 18.4. The lowest BCUT2D eigenvalue weighted by atomic mass is 10.1. The number of amides is 2. The van der Waals surface area contributed by atoms with Crippen molar-refractivity contribution >= 4 is 29.9 Å². The molecule has 6 heteroatoms. The SMILES string of the molecule is Cl.NCCCCCCC(=O)Nc1ccccc1C(N)=O. The van der Waals surface area contributed by atoms with Crippen molar-refractivity contribution in [1.82, 2.24) is 0 Å². The number of carbonyl (C=O) groups is 2. The quantitative estimate of drug-likeness (QED) is 0.641. The molecule has 0 spiro atoms. The topological polar surface area (TPSA) is 98.2 Å². The third kappa shape index (κ3) is 6.54. The van der Waals surface area contributed by atoms with E-state index in [4.69, 9.17) is 11.5 Å². The Kier molecular flexibility index (Phi) is 9.41. The minimum atomic E-state index is -0.543. The van der Waals surface area contributed by atoms with Crippen molar-refractivity contribution in [2.75, 3.05) is 11.9 Å². The highest BCUT2D eigenvalue weighted by atomic mass is 35.5. The van der Waals surface area contributed by atoms with E-state index in [2.05, 4.69) is 5.32 Å². The second kappa shape index (κ2) is 10.2. The molecule has 20 heavy (non-hydrogen) atoms. The number of carbonyl (C=O) groups excluding carboxylic acids is 2. The summed E-state index contributed by atoms with van der Waals surface area (Å²) < 4.78 is 0. The van der Waals surface area contributed by atoms with Crippen LogP contribution in [-0.4, -0.2) is 18.4 Å². The lowest BCUT2D eigenvalue weighted by Gasteiger charge is -2.08. The molecule has 1 rings (SSSR count). The van der Waals surface area contributed by atoms with E-state index in [1.807, 2.05) is 0 Å². The molecule has 0 aliphatic heterocycles. The molecule has 1 aromatic carbocycles. The van der Waals surface area contributed by atoms with Crippen LogP contribution in [0.2, 0.25) is 0 Å². The maximum Gasteiger partial charge on any atom is 0.250 e. The number of nitrogens with two attached hydrogens (primary N) is 2. The molecule has 112 valence electrons. The Morgan fingerprint density at radius 3 is 2.35 bits per heavy atom. The largest absolute Gasteiger partial charge is 0.366 e. The van der Waals surface area contributed by atoms with Crippen molar-refractivity contribution in [2.45, 2.75) is 32.1 Å². The van der Waals surface area contributed by atoms with E-state index >= 15 is 0 Å². The Bertz CT molecular complexity index is 438. The molecule has 1 aromatic rings. The van der Waals surface area contributed by atoms with Gasteiger partial charge < -0.3 is 16.8 Å². The molecule has 0 atom stereocenters. The smallest absolute Gasteiger partial charge is 0.250 e. The maximum absolute atomic E-state index is 11.7. The molecular formula is C14H22ClN3O2. The molecule has 0 radical (unpaired) electrons. The van der Waals surface area contributed by atoms with Crippen molar-refractivity contribution in [2.24, 2.45) is 11.5 Å². The third-order valence-electron chi connectivity index (χ3n) is 2.82. The van der Waals surface area contributed by atoms with Crippen molar-refractivity contribution in [3.05, 3.63) is 29.8 Å². The summed E-state index contributed by atoms with van der Waals surface area (Å²) in [6, 6.07) is 6.73. The fourth-order valence-electron chi connectivity index (χ4n) is 1.80. The van der Waals surface area contributed by atoms with E-state index in [-0.39, 0.29) is 18.3 Å². The average molecular weight is 300 g/mol. The van der Waals surface area contributed by atoms with Gasteiger partial charge in [-0.1, -0.05) is 25.0 Å². The number of rotatable bonds is 8. The predicted octanol–water partition coefficient (Wildman–Crippen LogP) is 2.05. The van der Waals surface area contributed by atoms with Gasteiger partial charge in [-0.15, -0.1) is 12.4 Å². The second-order valence-corrected chi connectivity index (χ2v) is 4.41. The van der Waals surface area contributed by atoms with Gasteiger partial charge in [0.25, 0.3) is 5.91 Å². The summed E-state index contributed by atoms with van der Waals surface area (Å²) in [6.45, 7) is 0.693. The van der Waals surface area contributed by atoms with Gasteiger partial charge in [-0.3, -0.25) is 9.59 Å². The van der Waals surface area contributed by atoms with Crippen LogP contribution in [0.5, 0.6) is 0 Å². The van der Waals surface area contributed by atoms with Gasteiger partial charge in [-0.2, -0.15) is 0 Å². The Hall–Kier alpha value is -1.59. The number of hydrogen-bond acceptors (Lipinski definition) is 3. The minimum Gasteiger partial charge on any atom is -0.366 e. The van der Waals surface area contributed by atoms with Gasteiger partial charge in [0.2, 0.25) is 5.91 Å². The van der Waals surface area contributed by atoms with E-state index in [1.54, 1.807) is 24.3 Å². The van der Waals surface area contributed by atoms with Crippen LogP contribution in [0, 0.1) is 0 Å². The van der Waals surface area contributed by atoms with Crippen molar-refractivity contribution in [3.63, 3.8) is 0 Å². The fourth-order valence-corrected chi connectivity index (χ4v) is 1.80. The van der Waals surface area contributed by atoms with Crippen LogP contribution in [0.4, 0.5) is 5.69 Å². The first-order valence-electron chi connectivity index (χ1n) is 6.54. The number of para-hydroxylation sites is 1. The van der Waals surface area contributed by atoms with E-state index in [1.165, 1.54) is 0 Å². The average Bonchev–Trinajstić information content (AvgIpc) is 2.39. The number of unbranched alkanes of at least 4 members (excludes halogenated alkanes) is 3. The van der Waals surface area contributed by atoms with Crippen LogP contribution in [-0.2, 0) is 4.79 Å². The van der Waals surface area contributed by atoms with Gasteiger partial charge in [0.15, 0.2) is 0 Å². The number of halogens is 1. The summed E-state index contributed by atoms with van der Waals surface area (Å²) in [7, 11) is 0. The normalized spacial score (nSPS) is 9.65. The fraction of sp³-hybridized carbons (Fsp3) is 0.429. The molecule has 5 N–H and O–H groups in total. The van der Waals surface area contributed by atoms with Crippen LogP contribution >= 0.6 is 12.4 Å². The summed E-state index contributed by atoms with van der Waals surface area (Å²) >= 11 is 0. The zero-order valence-electron chi connectivity index (χ0n) is 11.4. The molecule has 0 aliphatic rings. The highest BCUT2D eigenvalue weighted by molar-refractivity contribution is 6.02. The molecule has 0 saturated heterocycles. The minimum absolute atomic E-state index is 0. The van der Waals surface area contributed by atoms with Gasteiger partial charge >= 0.3 is 0 Å². The Morgan fingerprint density at radius 1 is 1.05 bits per heavy atom. The summed E-state index contributed by atoms with van der Waals surface area (Å²) in [5.74, 6) is -0.639. The summed E-state index contributed by atoms with van der Waals surface area (Å²) in [6.07, 6.45) is 4.29. The number of primary amides is 1. The molecule has 5 nitrogen and oxygen atoms in total. The first-order chi connectivity index (χ1) is 9.15. The molecule has 0 unspecified atom stereocenters.